The smallest absolute Gasteiger partial charge is 0.257 e. The fourth-order valence-electron chi connectivity index (χ4n) is 1.03. The zero-order chi connectivity index (χ0) is 7.61. The van der Waals surface area contributed by atoms with Crippen LogP contribution in [-0.2, 0) is 4.79 Å². The quantitative estimate of drug-likeness (QED) is 0.611. The Labute approximate surface area is 57.6 Å². The van der Waals surface area contributed by atoms with E-state index in [4.69, 9.17) is 0 Å². The molecular formula is C6H9F2NO. The molecule has 58 valence electrons. The van der Waals surface area contributed by atoms with Crippen LogP contribution in [0.25, 0.3) is 0 Å². The molecule has 1 heterocycles. The Morgan fingerprint density at radius 1 is 1.70 bits per heavy atom. The number of hydrogen-bond acceptors (Lipinski definition) is 1. The molecule has 0 aromatic heterocycles. The number of nitrogens with one attached hydrogen (secondary N) is 1. The Bertz CT molecular complexity index is 151. The van der Waals surface area contributed by atoms with Gasteiger partial charge in [0.15, 0.2) is 5.67 Å². The Kier molecular flexibility index (Phi) is 1.87. The van der Waals surface area contributed by atoms with Crippen molar-refractivity contribution >= 4 is 5.91 Å². The van der Waals surface area contributed by atoms with Gasteiger partial charge in [-0.25, -0.2) is 4.39 Å². The molecule has 2 nitrogen and oxygen atoms in total. The normalized spacial score (nSPS) is 32.4. The standard InChI is InChI=1S/C6H9F2NO/c7-3-1-6(8)2-4-9-5(6)10/h1-4H2,(H,9,10)/t6-/m0/s1. The van der Waals surface area contributed by atoms with E-state index in [1.807, 2.05) is 0 Å². The lowest BCUT2D eigenvalue weighted by Crippen LogP contribution is -2.33. The molecule has 1 N–H and O–H groups in total. The Morgan fingerprint density at radius 2 is 2.40 bits per heavy atom. The molecule has 4 heteroatoms. The van der Waals surface area contributed by atoms with Crippen molar-refractivity contribution in [3.63, 3.8) is 0 Å². The van der Waals surface area contributed by atoms with Gasteiger partial charge >= 0.3 is 0 Å². The van der Waals surface area contributed by atoms with Crippen molar-refractivity contribution in [3.05, 3.63) is 0 Å². The van der Waals surface area contributed by atoms with Crippen LogP contribution in [0.4, 0.5) is 8.78 Å². The molecule has 1 aliphatic rings. The molecule has 1 aliphatic heterocycles. The van der Waals surface area contributed by atoms with Gasteiger partial charge in [0.25, 0.3) is 5.91 Å². The Hall–Kier alpha value is -0.670. The molecule has 1 atom stereocenters. The zero-order valence-corrected chi connectivity index (χ0v) is 5.49. The van der Waals surface area contributed by atoms with Gasteiger partial charge in [0.2, 0.25) is 0 Å². The van der Waals surface area contributed by atoms with E-state index in [9.17, 15) is 13.6 Å². The van der Waals surface area contributed by atoms with Crippen molar-refractivity contribution in [2.24, 2.45) is 0 Å². The molecule has 0 spiro atoms. The first kappa shape index (κ1) is 7.44. The van der Waals surface area contributed by atoms with Gasteiger partial charge in [0, 0.05) is 19.4 Å². The summed E-state index contributed by atoms with van der Waals surface area (Å²) in [5.41, 5.74) is -1.92. The molecule has 0 unspecified atom stereocenters. The summed E-state index contributed by atoms with van der Waals surface area (Å²) in [5, 5.41) is 2.31. The minimum absolute atomic E-state index is 0.107. The van der Waals surface area contributed by atoms with E-state index in [0.717, 1.165) is 0 Å². The summed E-state index contributed by atoms with van der Waals surface area (Å²) in [5.74, 6) is -0.662. The highest BCUT2D eigenvalue weighted by molar-refractivity contribution is 5.87. The van der Waals surface area contributed by atoms with Gasteiger partial charge in [-0.1, -0.05) is 0 Å². The molecule has 0 aliphatic carbocycles. The summed E-state index contributed by atoms with van der Waals surface area (Å²) >= 11 is 0. The lowest BCUT2D eigenvalue weighted by molar-refractivity contribution is -0.129. The molecule has 1 fully saturated rings. The largest absolute Gasteiger partial charge is 0.353 e. The van der Waals surface area contributed by atoms with E-state index in [2.05, 4.69) is 5.32 Å². The zero-order valence-electron chi connectivity index (χ0n) is 5.49. The highest BCUT2D eigenvalue weighted by Crippen LogP contribution is 2.24. The van der Waals surface area contributed by atoms with Crippen LogP contribution in [-0.4, -0.2) is 24.8 Å². The average molecular weight is 149 g/mol. The van der Waals surface area contributed by atoms with Gasteiger partial charge < -0.3 is 5.32 Å². The van der Waals surface area contributed by atoms with Crippen molar-refractivity contribution in [3.8, 4) is 0 Å². The molecule has 0 aromatic rings. The van der Waals surface area contributed by atoms with Crippen molar-refractivity contribution in [2.45, 2.75) is 18.5 Å². The summed E-state index contributed by atoms with van der Waals surface area (Å²) in [4.78, 5) is 10.6. The fourth-order valence-corrected chi connectivity index (χ4v) is 1.03. The number of hydrogen-bond donors (Lipinski definition) is 1. The number of alkyl halides is 2. The van der Waals surface area contributed by atoms with Crippen LogP contribution in [0.5, 0.6) is 0 Å². The summed E-state index contributed by atoms with van der Waals surface area (Å²) in [6, 6.07) is 0. The Morgan fingerprint density at radius 3 is 2.80 bits per heavy atom. The Balaban J connectivity index is 2.57. The van der Waals surface area contributed by atoms with E-state index in [0.29, 0.717) is 6.54 Å². The number of halogens is 2. The van der Waals surface area contributed by atoms with Crippen LogP contribution in [0.2, 0.25) is 0 Å². The number of carbonyl (C=O) groups is 1. The first-order valence-corrected chi connectivity index (χ1v) is 3.22. The predicted molar refractivity (Wildman–Crippen MR) is 32.1 cm³/mol. The number of amides is 1. The topological polar surface area (TPSA) is 29.1 Å². The summed E-state index contributed by atoms with van der Waals surface area (Å²) in [6.45, 7) is -0.445. The van der Waals surface area contributed by atoms with Crippen molar-refractivity contribution in [2.75, 3.05) is 13.2 Å². The van der Waals surface area contributed by atoms with Gasteiger partial charge in [-0.3, -0.25) is 9.18 Å². The molecule has 1 saturated heterocycles. The molecule has 0 bridgehead atoms. The molecule has 1 amide bonds. The van der Waals surface area contributed by atoms with Gasteiger partial charge in [-0.2, -0.15) is 0 Å². The maximum absolute atomic E-state index is 13.1. The highest BCUT2D eigenvalue weighted by atomic mass is 19.1. The van der Waals surface area contributed by atoms with Gasteiger partial charge in [-0.15, -0.1) is 0 Å². The van der Waals surface area contributed by atoms with Crippen LogP contribution < -0.4 is 5.32 Å². The first-order valence-electron chi connectivity index (χ1n) is 3.22. The molecular weight excluding hydrogens is 140 g/mol. The summed E-state index contributed by atoms with van der Waals surface area (Å²) in [7, 11) is 0. The van der Waals surface area contributed by atoms with Crippen molar-refractivity contribution < 1.29 is 13.6 Å². The predicted octanol–water partition coefficient (Wildman–Crippen LogP) is 0.574. The second-order valence-corrected chi connectivity index (χ2v) is 2.41. The SMILES string of the molecule is O=C1NCC[C@@]1(F)CCF. The van der Waals surface area contributed by atoms with Crippen LogP contribution in [0, 0.1) is 0 Å². The minimum atomic E-state index is -1.92. The average Bonchev–Trinajstić information content (AvgIpc) is 2.15. The van der Waals surface area contributed by atoms with Crippen molar-refractivity contribution in [1.82, 2.24) is 5.32 Å². The fraction of sp³-hybridized carbons (Fsp3) is 0.833. The van der Waals surface area contributed by atoms with Gasteiger partial charge in [-0.05, 0) is 0 Å². The summed E-state index contributed by atoms with van der Waals surface area (Å²) in [6.07, 6.45) is -0.200. The maximum atomic E-state index is 13.1. The van der Waals surface area contributed by atoms with Crippen LogP contribution in [0.1, 0.15) is 12.8 Å². The van der Waals surface area contributed by atoms with E-state index < -0.39 is 18.3 Å². The minimum Gasteiger partial charge on any atom is -0.353 e. The van der Waals surface area contributed by atoms with Crippen LogP contribution in [0.15, 0.2) is 0 Å². The molecule has 0 saturated carbocycles. The molecule has 0 radical (unpaired) electrons. The molecule has 0 aromatic carbocycles. The van der Waals surface area contributed by atoms with Gasteiger partial charge in [0.05, 0.1) is 6.67 Å². The van der Waals surface area contributed by atoms with Crippen molar-refractivity contribution in [1.29, 1.82) is 0 Å². The van der Waals surface area contributed by atoms with E-state index in [1.165, 1.54) is 0 Å². The summed E-state index contributed by atoms with van der Waals surface area (Å²) < 4.78 is 24.7. The first-order chi connectivity index (χ1) is 4.69. The number of rotatable bonds is 2. The van der Waals surface area contributed by atoms with Crippen LogP contribution in [0.3, 0.4) is 0 Å². The lowest BCUT2D eigenvalue weighted by Gasteiger charge is -2.12. The third kappa shape index (κ3) is 1.10. The maximum Gasteiger partial charge on any atom is 0.257 e. The third-order valence-corrected chi connectivity index (χ3v) is 1.70. The lowest BCUT2D eigenvalue weighted by atomic mass is 10.0. The highest BCUT2D eigenvalue weighted by Gasteiger charge is 2.42. The van der Waals surface area contributed by atoms with E-state index >= 15 is 0 Å². The number of carbonyl (C=O) groups excluding carboxylic acids is 1. The molecule has 10 heavy (non-hydrogen) atoms. The second-order valence-electron chi connectivity index (χ2n) is 2.41. The van der Waals surface area contributed by atoms with Gasteiger partial charge in [0.1, 0.15) is 0 Å². The molecule has 1 rings (SSSR count). The van der Waals surface area contributed by atoms with Crippen LogP contribution >= 0.6 is 0 Å². The van der Waals surface area contributed by atoms with E-state index in [1.54, 1.807) is 0 Å². The second kappa shape index (κ2) is 2.52. The van der Waals surface area contributed by atoms with E-state index in [-0.39, 0.29) is 12.8 Å². The monoisotopic (exact) mass is 149 g/mol. The third-order valence-electron chi connectivity index (χ3n) is 1.70.